The van der Waals surface area contributed by atoms with Crippen molar-refractivity contribution < 1.29 is 14.3 Å². The molecule has 0 bridgehead atoms. The summed E-state index contributed by atoms with van der Waals surface area (Å²) in [7, 11) is 0. The molecule has 0 saturated carbocycles. The number of rotatable bonds is 8. The Morgan fingerprint density at radius 3 is 2.63 bits per heavy atom. The lowest BCUT2D eigenvalue weighted by atomic mass is 10.2. The molecule has 0 aliphatic rings. The van der Waals surface area contributed by atoms with Crippen LogP contribution in [0.1, 0.15) is 19.8 Å². The van der Waals surface area contributed by atoms with Crippen LogP contribution in [0.4, 0.5) is 0 Å². The maximum atomic E-state index is 11.5. The van der Waals surface area contributed by atoms with Gasteiger partial charge in [-0.2, -0.15) is 25.3 Å². The molecule has 2 atom stereocenters. The van der Waals surface area contributed by atoms with E-state index in [1.807, 2.05) is 37.3 Å². The molecule has 0 amide bonds. The van der Waals surface area contributed by atoms with Crippen molar-refractivity contribution >= 4 is 31.2 Å². The molecule has 3 nitrogen and oxygen atoms in total. The largest absolute Gasteiger partial charge is 0.487 e. The third-order valence-corrected chi connectivity index (χ3v) is 3.62. The van der Waals surface area contributed by atoms with Gasteiger partial charge in [-0.15, -0.1) is 0 Å². The number of carbonyl (C=O) groups excluding carboxylic acids is 1. The number of ether oxygens (including phenoxy) is 2. The number of esters is 1. The zero-order chi connectivity index (χ0) is 14.1. The van der Waals surface area contributed by atoms with Crippen molar-refractivity contribution in [2.75, 3.05) is 12.4 Å². The summed E-state index contributed by atoms with van der Waals surface area (Å²) in [4.78, 5) is 11.5. The molecule has 0 radical (unpaired) electrons. The van der Waals surface area contributed by atoms with Gasteiger partial charge in [-0.25, -0.2) is 0 Å². The average Bonchev–Trinajstić information content (AvgIpc) is 2.43. The molecule has 0 saturated heterocycles. The van der Waals surface area contributed by atoms with Crippen LogP contribution in [0.3, 0.4) is 0 Å². The van der Waals surface area contributed by atoms with Crippen molar-refractivity contribution in [3.8, 4) is 5.75 Å². The zero-order valence-electron chi connectivity index (χ0n) is 11.0. The number of carbonyl (C=O) groups is 1. The van der Waals surface area contributed by atoms with Gasteiger partial charge in [0.2, 0.25) is 0 Å². The minimum atomic E-state index is -0.218. The van der Waals surface area contributed by atoms with Crippen LogP contribution in [0, 0.1) is 0 Å². The molecule has 0 aliphatic heterocycles. The standard InChI is InChI=1S/C14H20O3S2/c1-11(17-12-5-3-2-4-6-12)9-16-14(15)8-7-13(19)10-18/h2-6,11,13,18-19H,7-10H2,1H3. The van der Waals surface area contributed by atoms with Gasteiger partial charge in [0, 0.05) is 17.4 Å². The summed E-state index contributed by atoms with van der Waals surface area (Å²) in [6.45, 7) is 2.13. The molecular weight excluding hydrogens is 280 g/mol. The van der Waals surface area contributed by atoms with Crippen molar-refractivity contribution in [3.63, 3.8) is 0 Å². The Morgan fingerprint density at radius 1 is 1.32 bits per heavy atom. The third-order valence-electron chi connectivity index (χ3n) is 2.45. The van der Waals surface area contributed by atoms with Crippen LogP contribution < -0.4 is 4.74 Å². The first kappa shape index (κ1) is 16.2. The quantitative estimate of drug-likeness (QED) is 0.572. The summed E-state index contributed by atoms with van der Waals surface area (Å²) in [6.07, 6.45) is 0.884. The normalized spacial score (nSPS) is 13.6. The molecule has 1 rings (SSSR count). The average molecular weight is 300 g/mol. The molecule has 0 spiro atoms. The van der Waals surface area contributed by atoms with E-state index in [0.29, 0.717) is 18.6 Å². The molecule has 5 heteroatoms. The number of benzene rings is 1. The van der Waals surface area contributed by atoms with Crippen LogP contribution in [-0.4, -0.2) is 29.7 Å². The van der Waals surface area contributed by atoms with E-state index in [-0.39, 0.29) is 23.9 Å². The molecule has 0 aliphatic carbocycles. The second-order valence-corrected chi connectivity index (χ2v) is 5.40. The molecule has 19 heavy (non-hydrogen) atoms. The summed E-state index contributed by atoms with van der Waals surface area (Å²) < 4.78 is 10.8. The van der Waals surface area contributed by atoms with Crippen LogP contribution in [-0.2, 0) is 9.53 Å². The van der Waals surface area contributed by atoms with Crippen LogP contribution >= 0.6 is 25.3 Å². The van der Waals surface area contributed by atoms with Crippen LogP contribution in [0.2, 0.25) is 0 Å². The van der Waals surface area contributed by atoms with Crippen molar-refractivity contribution in [1.82, 2.24) is 0 Å². The van der Waals surface area contributed by atoms with Gasteiger partial charge in [0.05, 0.1) is 0 Å². The van der Waals surface area contributed by atoms with E-state index in [1.54, 1.807) is 0 Å². The van der Waals surface area contributed by atoms with Gasteiger partial charge < -0.3 is 9.47 Å². The van der Waals surface area contributed by atoms with E-state index in [9.17, 15) is 4.79 Å². The summed E-state index contributed by atoms with van der Waals surface area (Å²) in [5.41, 5.74) is 0. The monoisotopic (exact) mass is 300 g/mol. The second kappa shape index (κ2) is 9.15. The minimum absolute atomic E-state index is 0.133. The highest BCUT2D eigenvalue weighted by molar-refractivity contribution is 7.84. The highest BCUT2D eigenvalue weighted by atomic mass is 32.1. The lowest BCUT2D eigenvalue weighted by Gasteiger charge is -2.15. The van der Waals surface area contributed by atoms with Crippen LogP contribution in [0.5, 0.6) is 5.75 Å². The fourth-order valence-electron chi connectivity index (χ4n) is 1.42. The summed E-state index contributed by atoms with van der Waals surface area (Å²) in [6, 6.07) is 9.47. The van der Waals surface area contributed by atoms with E-state index >= 15 is 0 Å². The third kappa shape index (κ3) is 7.38. The number of thiol groups is 2. The highest BCUT2D eigenvalue weighted by Crippen LogP contribution is 2.11. The van der Waals surface area contributed by atoms with Crippen molar-refractivity contribution in [3.05, 3.63) is 30.3 Å². The summed E-state index contributed by atoms with van der Waals surface area (Å²) in [5, 5.41) is 0.133. The lowest BCUT2D eigenvalue weighted by Crippen LogP contribution is -2.22. The first-order chi connectivity index (χ1) is 9.11. The molecule has 0 fully saturated rings. The molecule has 2 unspecified atom stereocenters. The highest BCUT2D eigenvalue weighted by Gasteiger charge is 2.10. The molecule has 0 aromatic heterocycles. The van der Waals surface area contributed by atoms with E-state index in [4.69, 9.17) is 9.47 Å². The molecular formula is C14H20O3S2. The fraction of sp³-hybridized carbons (Fsp3) is 0.500. The molecule has 1 aromatic carbocycles. The van der Waals surface area contributed by atoms with E-state index < -0.39 is 0 Å². The molecule has 1 aromatic rings. The first-order valence-corrected chi connectivity index (χ1v) is 7.43. The lowest BCUT2D eigenvalue weighted by molar-refractivity contribution is -0.145. The number of hydrogen-bond donors (Lipinski definition) is 2. The Hall–Kier alpha value is -0.810. The van der Waals surface area contributed by atoms with Gasteiger partial charge in [0.25, 0.3) is 0 Å². The van der Waals surface area contributed by atoms with Crippen LogP contribution in [0.25, 0.3) is 0 Å². The second-order valence-electron chi connectivity index (χ2n) is 4.30. The van der Waals surface area contributed by atoms with E-state index in [1.165, 1.54) is 0 Å². The Bertz CT molecular complexity index is 370. The smallest absolute Gasteiger partial charge is 0.305 e. The Labute approximate surface area is 125 Å². The Kier molecular flexibility index (Phi) is 7.82. The molecule has 0 heterocycles. The predicted molar refractivity (Wildman–Crippen MR) is 83.4 cm³/mol. The maximum absolute atomic E-state index is 11.5. The zero-order valence-corrected chi connectivity index (χ0v) is 12.8. The summed E-state index contributed by atoms with van der Waals surface area (Å²) in [5.74, 6) is 1.21. The maximum Gasteiger partial charge on any atom is 0.305 e. The number of para-hydroxylation sites is 1. The van der Waals surface area contributed by atoms with Gasteiger partial charge in [0.1, 0.15) is 18.5 Å². The van der Waals surface area contributed by atoms with Gasteiger partial charge in [-0.3, -0.25) is 4.79 Å². The summed E-state index contributed by atoms with van der Waals surface area (Å²) >= 11 is 8.38. The van der Waals surface area contributed by atoms with Gasteiger partial charge in [0.15, 0.2) is 0 Å². The SMILES string of the molecule is CC(COC(=O)CCC(S)CS)Oc1ccccc1. The Morgan fingerprint density at radius 2 is 2.00 bits per heavy atom. The van der Waals surface area contributed by atoms with E-state index in [0.717, 1.165) is 5.75 Å². The minimum Gasteiger partial charge on any atom is -0.487 e. The topological polar surface area (TPSA) is 35.5 Å². The predicted octanol–water partition coefficient (Wildman–Crippen LogP) is 3.01. The van der Waals surface area contributed by atoms with Gasteiger partial charge in [-0.05, 0) is 25.5 Å². The fourth-order valence-corrected chi connectivity index (χ4v) is 1.74. The van der Waals surface area contributed by atoms with E-state index in [2.05, 4.69) is 25.3 Å². The van der Waals surface area contributed by atoms with Crippen LogP contribution in [0.15, 0.2) is 30.3 Å². The first-order valence-electron chi connectivity index (χ1n) is 6.28. The van der Waals surface area contributed by atoms with Crippen molar-refractivity contribution in [2.45, 2.75) is 31.1 Å². The molecule has 0 N–H and O–H groups in total. The van der Waals surface area contributed by atoms with Crippen molar-refractivity contribution in [1.29, 1.82) is 0 Å². The van der Waals surface area contributed by atoms with Gasteiger partial charge in [-0.1, -0.05) is 18.2 Å². The molecule has 106 valence electrons. The van der Waals surface area contributed by atoms with Crippen molar-refractivity contribution in [2.24, 2.45) is 0 Å². The number of hydrogen-bond acceptors (Lipinski definition) is 5. The Balaban J connectivity index is 2.19. The van der Waals surface area contributed by atoms with Gasteiger partial charge >= 0.3 is 5.97 Å².